The Labute approximate surface area is 69.3 Å². The van der Waals surface area contributed by atoms with Crippen LogP contribution in [0.15, 0.2) is 0 Å². The largest absolute Gasteiger partial charge is 0.337 e. The lowest BCUT2D eigenvalue weighted by atomic mass is 10.2. The molecule has 2 nitrogen and oxygen atoms in total. The fraction of sp³-hybridized carbons (Fsp3) is 0.625. The molecule has 0 aliphatic heterocycles. The number of amides is 1. The summed E-state index contributed by atoms with van der Waals surface area (Å²) < 4.78 is 24.4. The van der Waals surface area contributed by atoms with E-state index in [-0.39, 0.29) is 5.92 Å². The van der Waals surface area contributed by atoms with Crippen molar-refractivity contribution in [2.75, 3.05) is 0 Å². The molecule has 1 N–H and O–H groups in total. The summed E-state index contributed by atoms with van der Waals surface area (Å²) in [7, 11) is 0. The van der Waals surface area contributed by atoms with Gasteiger partial charge in [0.25, 0.3) is 12.3 Å². The molecule has 1 aliphatic rings. The SMILES string of the molecule is C#CC(=O)NC(C(F)F)C1CC1. The van der Waals surface area contributed by atoms with E-state index in [0.717, 1.165) is 12.8 Å². The lowest BCUT2D eigenvalue weighted by Gasteiger charge is -2.14. The number of rotatable bonds is 3. The summed E-state index contributed by atoms with van der Waals surface area (Å²) in [5.74, 6) is 0.911. The predicted octanol–water partition coefficient (Wildman–Crippen LogP) is 0.780. The van der Waals surface area contributed by atoms with Gasteiger partial charge >= 0.3 is 0 Å². The predicted molar refractivity (Wildman–Crippen MR) is 39.5 cm³/mol. The number of halogens is 2. The van der Waals surface area contributed by atoms with Gasteiger partial charge in [0, 0.05) is 0 Å². The Kier molecular flexibility index (Phi) is 2.64. The van der Waals surface area contributed by atoms with Crippen LogP contribution in [0.2, 0.25) is 0 Å². The van der Waals surface area contributed by atoms with Gasteiger partial charge in [0.05, 0.1) is 6.04 Å². The fourth-order valence-corrected chi connectivity index (χ4v) is 1.03. The van der Waals surface area contributed by atoms with Crippen LogP contribution in [-0.2, 0) is 4.79 Å². The molecule has 1 amide bonds. The highest BCUT2D eigenvalue weighted by molar-refractivity contribution is 5.93. The molecule has 1 aliphatic carbocycles. The van der Waals surface area contributed by atoms with Crippen molar-refractivity contribution >= 4 is 5.91 Å². The molecule has 0 aromatic rings. The summed E-state index contributed by atoms with van der Waals surface area (Å²) in [5, 5.41) is 2.10. The average molecular weight is 173 g/mol. The fourth-order valence-electron chi connectivity index (χ4n) is 1.03. The summed E-state index contributed by atoms with van der Waals surface area (Å²) in [4.78, 5) is 10.6. The molecule has 1 saturated carbocycles. The first-order valence-corrected chi connectivity index (χ1v) is 3.70. The van der Waals surface area contributed by atoms with Crippen LogP contribution in [0, 0.1) is 18.3 Å². The summed E-state index contributed by atoms with van der Waals surface area (Å²) in [5.41, 5.74) is 0. The highest BCUT2D eigenvalue weighted by atomic mass is 19.3. The van der Waals surface area contributed by atoms with Gasteiger partial charge in [-0.2, -0.15) is 0 Å². The number of nitrogens with one attached hydrogen (secondary N) is 1. The molecule has 12 heavy (non-hydrogen) atoms. The van der Waals surface area contributed by atoms with Crippen LogP contribution in [0.3, 0.4) is 0 Å². The lowest BCUT2D eigenvalue weighted by Crippen LogP contribution is -2.40. The zero-order valence-electron chi connectivity index (χ0n) is 6.39. The second kappa shape index (κ2) is 3.53. The normalized spacial score (nSPS) is 18.5. The zero-order valence-corrected chi connectivity index (χ0v) is 6.39. The van der Waals surface area contributed by atoms with Crippen molar-refractivity contribution in [3.05, 3.63) is 0 Å². The van der Waals surface area contributed by atoms with Crippen molar-refractivity contribution in [1.29, 1.82) is 0 Å². The first kappa shape index (κ1) is 8.98. The summed E-state index contributed by atoms with van der Waals surface area (Å²) >= 11 is 0. The standard InChI is InChI=1S/C8H9F2NO/c1-2-6(12)11-7(8(9)10)5-3-4-5/h1,5,7-8H,3-4H2,(H,11,12). The minimum Gasteiger partial charge on any atom is -0.337 e. The molecule has 0 saturated heterocycles. The number of alkyl halides is 2. The Balaban J connectivity index is 2.44. The van der Waals surface area contributed by atoms with Gasteiger partial charge in [-0.25, -0.2) is 8.78 Å². The first-order chi connectivity index (χ1) is 5.65. The van der Waals surface area contributed by atoms with Crippen molar-refractivity contribution in [3.63, 3.8) is 0 Å². The molecule has 0 aromatic heterocycles. The average Bonchev–Trinajstić information content (AvgIpc) is 2.81. The number of hydrogen-bond acceptors (Lipinski definition) is 1. The Hall–Kier alpha value is -1.11. The van der Waals surface area contributed by atoms with Gasteiger partial charge < -0.3 is 5.32 Å². The van der Waals surface area contributed by atoms with Gasteiger partial charge in [-0.3, -0.25) is 4.79 Å². The van der Waals surface area contributed by atoms with Crippen LogP contribution in [0.5, 0.6) is 0 Å². The van der Waals surface area contributed by atoms with Crippen molar-refractivity contribution < 1.29 is 13.6 Å². The van der Waals surface area contributed by atoms with E-state index in [1.54, 1.807) is 5.92 Å². The first-order valence-electron chi connectivity index (χ1n) is 3.70. The molecular formula is C8H9F2NO. The highest BCUT2D eigenvalue weighted by Crippen LogP contribution is 2.35. The van der Waals surface area contributed by atoms with Crippen LogP contribution >= 0.6 is 0 Å². The van der Waals surface area contributed by atoms with Gasteiger partial charge in [0.2, 0.25) is 0 Å². The van der Waals surface area contributed by atoms with Crippen LogP contribution in [0.25, 0.3) is 0 Å². The van der Waals surface area contributed by atoms with Crippen molar-refractivity contribution in [1.82, 2.24) is 5.32 Å². The van der Waals surface area contributed by atoms with E-state index < -0.39 is 18.4 Å². The topological polar surface area (TPSA) is 29.1 Å². The Bertz CT molecular complexity index is 216. The molecule has 0 radical (unpaired) electrons. The molecule has 0 spiro atoms. The van der Waals surface area contributed by atoms with Gasteiger partial charge in [-0.1, -0.05) is 0 Å². The third kappa shape index (κ3) is 2.19. The van der Waals surface area contributed by atoms with Crippen LogP contribution in [0.1, 0.15) is 12.8 Å². The zero-order chi connectivity index (χ0) is 9.14. The van der Waals surface area contributed by atoms with E-state index in [1.165, 1.54) is 0 Å². The lowest BCUT2D eigenvalue weighted by molar-refractivity contribution is -0.117. The number of carbonyl (C=O) groups is 1. The summed E-state index contributed by atoms with van der Waals surface area (Å²) in [6.45, 7) is 0. The number of carbonyl (C=O) groups excluding carboxylic acids is 1. The van der Waals surface area contributed by atoms with Gasteiger partial charge in [-0.05, 0) is 24.7 Å². The number of hydrogen-bond donors (Lipinski definition) is 1. The van der Waals surface area contributed by atoms with E-state index >= 15 is 0 Å². The second-order valence-corrected chi connectivity index (χ2v) is 2.82. The smallest absolute Gasteiger partial charge is 0.296 e. The summed E-state index contributed by atoms with van der Waals surface area (Å²) in [6, 6.07) is -1.05. The minimum absolute atomic E-state index is 0.0812. The monoisotopic (exact) mass is 173 g/mol. The maximum absolute atomic E-state index is 12.2. The van der Waals surface area contributed by atoms with E-state index in [2.05, 4.69) is 5.32 Å². The molecule has 1 unspecified atom stereocenters. The van der Waals surface area contributed by atoms with Crippen molar-refractivity contribution in [2.24, 2.45) is 5.92 Å². The van der Waals surface area contributed by atoms with Crippen LogP contribution in [0.4, 0.5) is 8.78 Å². The molecule has 4 heteroatoms. The van der Waals surface area contributed by atoms with E-state index in [0.29, 0.717) is 0 Å². The Morgan fingerprint density at radius 3 is 2.50 bits per heavy atom. The maximum Gasteiger partial charge on any atom is 0.296 e. The van der Waals surface area contributed by atoms with Gasteiger partial charge in [0.15, 0.2) is 0 Å². The highest BCUT2D eigenvalue weighted by Gasteiger charge is 2.37. The number of terminal acetylenes is 1. The molecular weight excluding hydrogens is 164 g/mol. The second-order valence-electron chi connectivity index (χ2n) is 2.82. The third-order valence-electron chi connectivity index (χ3n) is 1.83. The van der Waals surface area contributed by atoms with E-state index in [9.17, 15) is 13.6 Å². The van der Waals surface area contributed by atoms with Gasteiger partial charge in [-0.15, -0.1) is 6.42 Å². The van der Waals surface area contributed by atoms with E-state index in [4.69, 9.17) is 6.42 Å². The Morgan fingerprint density at radius 1 is 1.58 bits per heavy atom. The van der Waals surface area contributed by atoms with Crippen LogP contribution < -0.4 is 5.32 Å². The molecule has 0 heterocycles. The van der Waals surface area contributed by atoms with Gasteiger partial charge in [0.1, 0.15) is 0 Å². The Morgan fingerprint density at radius 2 is 2.17 bits per heavy atom. The molecule has 66 valence electrons. The van der Waals surface area contributed by atoms with Crippen LogP contribution in [-0.4, -0.2) is 18.4 Å². The summed E-state index contributed by atoms with van der Waals surface area (Å²) in [6.07, 6.45) is 3.72. The maximum atomic E-state index is 12.2. The molecule has 1 fully saturated rings. The van der Waals surface area contributed by atoms with E-state index in [1.807, 2.05) is 0 Å². The molecule has 1 rings (SSSR count). The third-order valence-corrected chi connectivity index (χ3v) is 1.83. The molecule has 0 bridgehead atoms. The quantitative estimate of drug-likeness (QED) is 0.628. The van der Waals surface area contributed by atoms with Crippen molar-refractivity contribution in [3.8, 4) is 12.3 Å². The van der Waals surface area contributed by atoms with Crippen molar-refractivity contribution in [2.45, 2.75) is 25.3 Å². The molecule has 0 aromatic carbocycles. The minimum atomic E-state index is -2.52. The molecule has 1 atom stereocenters.